The Morgan fingerprint density at radius 1 is 1.29 bits per heavy atom. The van der Waals surface area contributed by atoms with Crippen LogP contribution in [-0.2, 0) is 0 Å². The van der Waals surface area contributed by atoms with Crippen LogP contribution in [-0.4, -0.2) is 36.3 Å². The van der Waals surface area contributed by atoms with Crippen LogP contribution in [0.25, 0.3) is 0 Å². The van der Waals surface area contributed by atoms with E-state index in [1.54, 1.807) is 35.6 Å². The maximum Gasteiger partial charge on any atom is 0.119 e. The predicted molar refractivity (Wildman–Crippen MR) is 87.7 cm³/mol. The minimum Gasteiger partial charge on any atom is -0.491 e. The van der Waals surface area contributed by atoms with E-state index in [-0.39, 0.29) is 12.6 Å². The van der Waals surface area contributed by atoms with E-state index in [2.05, 4.69) is 23.3 Å². The van der Waals surface area contributed by atoms with Gasteiger partial charge in [0, 0.05) is 23.2 Å². The zero-order chi connectivity index (χ0) is 15.2. The number of hydrogen-bond donors (Lipinski definition) is 2. The third kappa shape index (κ3) is 4.74. The molecule has 0 saturated carbocycles. The monoisotopic (exact) mass is 306 g/mol. The molecule has 0 spiro atoms. The number of benzene rings is 1. The van der Waals surface area contributed by atoms with Crippen molar-refractivity contribution in [3.05, 3.63) is 46.7 Å². The lowest BCUT2D eigenvalue weighted by molar-refractivity contribution is 0.0658. The minimum atomic E-state index is -0.532. The molecule has 1 heterocycles. The summed E-state index contributed by atoms with van der Waals surface area (Å²) in [4.78, 5) is 3.42. The molecule has 1 aromatic carbocycles. The van der Waals surface area contributed by atoms with Crippen molar-refractivity contribution in [3.63, 3.8) is 0 Å². The van der Waals surface area contributed by atoms with Crippen LogP contribution in [0.4, 0.5) is 5.69 Å². The van der Waals surface area contributed by atoms with Gasteiger partial charge in [0.2, 0.25) is 0 Å². The molecule has 0 aliphatic rings. The number of anilines is 1. The van der Waals surface area contributed by atoms with E-state index in [9.17, 15) is 5.11 Å². The van der Waals surface area contributed by atoms with Crippen LogP contribution in [0.1, 0.15) is 17.8 Å². The van der Waals surface area contributed by atoms with Crippen molar-refractivity contribution in [3.8, 4) is 5.75 Å². The highest BCUT2D eigenvalue weighted by atomic mass is 32.1. The van der Waals surface area contributed by atoms with Gasteiger partial charge >= 0.3 is 0 Å². The molecule has 0 bridgehead atoms. The van der Waals surface area contributed by atoms with Gasteiger partial charge in [-0.05, 0) is 49.7 Å². The molecule has 1 aromatic heterocycles. The lowest BCUT2D eigenvalue weighted by Gasteiger charge is -2.26. The molecular weight excluding hydrogens is 284 g/mol. The van der Waals surface area contributed by atoms with Gasteiger partial charge in [-0.2, -0.15) is 0 Å². The van der Waals surface area contributed by atoms with Crippen LogP contribution in [0.3, 0.4) is 0 Å². The second-order valence-electron chi connectivity index (χ2n) is 5.16. The highest BCUT2D eigenvalue weighted by Crippen LogP contribution is 2.23. The number of aliphatic hydroxyl groups is 1. The Morgan fingerprint density at radius 3 is 2.62 bits per heavy atom. The van der Waals surface area contributed by atoms with E-state index in [0.717, 1.165) is 5.75 Å². The molecule has 0 radical (unpaired) electrons. The summed E-state index contributed by atoms with van der Waals surface area (Å²) >= 11 is 1.73. The maximum atomic E-state index is 10.1. The molecule has 2 aromatic rings. The average Bonchev–Trinajstić information content (AvgIpc) is 3.00. The lowest BCUT2D eigenvalue weighted by Crippen LogP contribution is -2.34. The van der Waals surface area contributed by atoms with Gasteiger partial charge in [0.25, 0.3) is 0 Å². The standard InChI is InChI=1S/C16H22N2O2S/c1-12(16-4-3-9-21-16)18(2)10-14(19)11-20-15-7-5-13(17)6-8-15/h3-9,12,14,19H,10-11,17H2,1-2H3. The Morgan fingerprint density at radius 2 is 2.00 bits per heavy atom. The molecule has 2 rings (SSSR count). The molecule has 2 unspecified atom stereocenters. The molecule has 0 amide bonds. The maximum absolute atomic E-state index is 10.1. The molecule has 0 saturated heterocycles. The number of thiophene rings is 1. The van der Waals surface area contributed by atoms with Crippen molar-refractivity contribution < 1.29 is 9.84 Å². The van der Waals surface area contributed by atoms with Crippen molar-refractivity contribution in [2.45, 2.75) is 19.1 Å². The van der Waals surface area contributed by atoms with Crippen LogP contribution in [0.5, 0.6) is 5.75 Å². The Hall–Kier alpha value is -1.56. The zero-order valence-electron chi connectivity index (χ0n) is 12.4. The van der Waals surface area contributed by atoms with Crippen molar-refractivity contribution in [2.24, 2.45) is 0 Å². The first-order valence-corrected chi connectivity index (χ1v) is 7.84. The topological polar surface area (TPSA) is 58.7 Å². The van der Waals surface area contributed by atoms with Crippen molar-refractivity contribution in [1.29, 1.82) is 0 Å². The largest absolute Gasteiger partial charge is 0.491 e. The van der Waals surface area contributed by atoms with Crippen LogP contribution in [0.15, 0.2) is 41.8 Å². The van der Waals surface area contributed by atoms with E-state index in [0.29, 0.717) is 12.2 Å². The average molecular weight is 306 g/mol. The molecule has 4 nitrogen and oxygen atoms in total. The SMILES string of the molecule is CC(c1cccs1)N(C)CC(O)COc1ccc(N)cc1. The molecular formula is C16H22N2O2S. The molecule has 0 aliphatic carbocycles. The number of nitrogens with zero attached hydrogens (tertiary/aromatic N) is 1. The van der Waals surface area contributed by atoms with Gasteiger partial charge in [0.15, 0.2) is 0 Å². The molecule has 5 heteroatoms. The van der Waals surface area contributed by atoms with E-state index >= 15 is 0 Å². The Balaban J connectivity index is 1.78. The van der Waals surface area contributed by atoms with E-state index < -0.39 is 6.10 Å². The number of rotatable bonds is 7. The normalized spacial score (nSPS) is 14.1. The summed E-state index contributed by atoms with van der Waals surface area (Å²) < 4.78 is 5.56. The second-order valence-corrected chi connectivity index (χ2v) is 6.14. The second kappa shape index (κ2) is 7.45. The zero-order valence-corrected chi connectivity index (χ0v) is 13.2. The fraction of sp³-hybridized carbons (Fsp3) is 0.375. The fourth-order valence-corrected chi connectivity index (χ4v) is 2.89. The summed E-state index contributed by atoms with van der Waals surface area (Å²) in [5, 5.41) is 12.2. The van der Waals surface area contributed by atoms with Crippen LogP contribution in [0.2, 0.25) is 0 Å². The third-order valence-electron chi connectivity index (χ3n) is 3.44. The Labute approximate surface area is 129 Å². The fourth-order valence-electron chi connectivity index (χ4n) is 2.05. The quantitative estimate of drug-likeness (QED) is 0.772. The van der Waals surface area contributed by atoms with Gasteiger partial charge in [0.1, 0.15) is 18.5 Å². The van der Waals surface area contributed by atoms with Crippen LogP contribution in [0, 0.1) is 0 Å². The summed E-state index contributed by atoms with van der Waals surface area (Å²) in [7, 11) is 2.01. The molecule has 2 atom stereocenters. The van der Waals surface area contributed by atoms with E-state index in [4.69, 9.17) is 10.5 Å². The van der Waals surface area contributed by atoms with Gasteiger partial charge in [-0.1, -0.05) is 6.07 Å². The molecule has 0 aliphatic heterocycles. The summed E-state index contributed by atoms with van der Waals surface area (Å²) in [6.45, 7) is 2.97. The van der Waals surface area contributed by atoms with Gasteiger partial charge in [-0.25, -0.2) is 0 Å². The van der Waals surface area contributed by atoms with Gasteiger partial charge in [-0.3, -0.25) is 4.90 Å². The van der Waals surface area contributed by atoms with Crippen LogP contribution >= 0.6 is 11.3 Å². The van der Waals surface area contributed by atoms with Crippen LogP contribution < -0.4 is 10.5 Å². The van der Waals surface area contributed by atoms with Gasteiger partial charge in [-0.15, -0.1) is 11.3 Å². The van der Waals surface area contributed by atoms with Gasteiger partial charge < -0.3 is 15.6 Å². The first-order valence-electron chi connectivity index (χ1n) is 6.96. The molecule has 21 heavy (non-hydrogen) atoms. The van der Waals surface area contributed by atoms with E-state index in [1.165, 1.54) is 4.88 Å². The Kier molecular flexibility index (Phi) is 5.61. The predicted octanol–water partition coefficient (Wildman–Crippen LogP) is 2.76. The minimum absolute atomic E-state index is 0.269. The number of nitrogen functional groups attached to an aromatic ring is 1. The highest BCUT2D eigenvalue weighted by molar-refractivity contribution is 7.10. The van der Waals surface area contributed by atoms with Crippen molar-refractivity contribution in [1.82, 2.24) is 4.90 Å². The number of aliphatic hydroxyl groups excluding tert-OH is 1. The Bertz CT molecular complexity index is 528. The molecule has 3 N–H and O–H groups in total. The summed E-state index contributed by atoms with van der Waals surface area (Å²) in [6.07, 6.45) is -0.532. The number of hydrogen-bond acceptors (Lipinski definition) is 5. The summed E-state index contributed by atoms with van der Waals surface area (Å²) in [6, 6.07) is 11.6. The first kappa shape index (κ1) is 15.8. The molecule has 0 fully saturated rings. The van der Waals surface area contributed by atoms with Crippen molar-refractivity contribution in [2.75, 3.05) is 25.9 Å². The number of ether oxygens (including phenoxy) is 1. The third-order valence-corrected chi connectivity index (χ3v) is 4.48. The van der Waals surface area contributed by atoms with E-state index in [1.807, 2.05) is 13.1 Å². The highest BCUT2D eigenvalue weighted by Gasteiger charge is 2.16. The number of nitrogens with two attached hydrogens (primary N) is 1. The van der Waals surface area contributed by atoms with Crippen molar-refractivity contribution >= 4 is 17.0 Å². The lowest BCUT2D eigenvalue weighted by atomic mass is 10.2. The summed E-state index contributed by atoms with van der Waals surface area (Å²) in [5.41, 5.74) is 6.32. The number of likely N-dealkylation sites (N-methyl/N-ethyl adjacent to an activating group) is 1. The smallest absolute Gasteiger partial charge is 0.119 e. The molecule has 114 valence electrons. The first-order chi connectivity index (χ1) is 10.1. The summed E-state index contributed by atoms with van der Waals surface area (Å²) in [5.74, 6) is 0.720. The van der Waals surface area contributed by atoms with Gasteiger partial charge in [0.05, 0.1) is 0 Å².